The van der Waals surface area contributed by atoms with E-state index in [-0.39, 0.29) is 22.7 Å². The van der Waals surface area contributed by atoms with Gasteiger partial charge < -0.3 is 5.32 Å². The number of rotatable bonds is 5. The van der Waals surface area contributed by atoms with Gasteiger partial charge in [-0.1, -0.05) is 29.8 Å². The monoisotopic (exact) mass is 475 g/mol. The third-order valence-corrected chi connectivity index (χ3v) is 6.10. The molecule has 0 bridgehead atoms. The number of amides is 1. The summed E-state index contributed by atoms with van der Waals surface area (Å²) in [4.78, 5) is 15.3. The third kappa shape index (κ3) is 5.17. The lowest BCUT2D eigenvalue weighted by Crippen LogP contribution is -2.17. The van der Waals surface area contributed by atoms with Crippen molar-refractivity contribution in [2.75, 3.05) is 5.32 Å². The van der Waals surface area contributed by atoms with Crippen LogP contribution in [0.3, 0.4) is 0 Å². The average Bonchev–Trinajstić information content (AvgIpc) is 3.13. The van der Waals surface area contributed by atoms with Crippen LogP contribution in [0.1, 0.15) is 11.3 Å². The molecule has 12 heteroatoms. The Labute approximate surface area is 178 Å². The molecule has 6 nitrogen and oxygen atoms in total. The minimum atomic E-state index is -4.66. The van der Waals surface area contributed by atoms with Crippen molar-refractivity contribution in [3.05, 3.63) is 64.1 Å². The molecule has 0 aliphatic heterocycles. The van der Waals surface area contributed by atoms with E-state index in [4.69, 9.17) is 16.7 Å². The summed E-state index contributed by atoms with van der Waals surface area (Å²) in [5.74, 6) is -0.468. The molecular weight excluding hydrogens is 463 g/mol. The third-order valence-electron chi connectivity index (χ3n) is 3.91. The first kappa shape index (κ1) is 22.2. The van der Waals surface area contributed by atoms with Crippen molar-refractivity contribution in [1.82, 2.24) is 4.98 Å². The van der Waals surface area contributed by atoms with Gasteiger partial charge in [0, 0.05) is 21.7 Å². The molecule has 0 saturated carbocycles. The Hall–Kier alpha value is -2.47. The molecule has 0 saturated heterocycles. The lowest BCUT2D eigenvalue weighted by molar-refractivity contribution is -0.140. The lowest BCUT2D eigenvalue weighted by atomic mass is 10.1. The number of sulfonamides is 1. The van der Waals surface area contributed by atoms with Crippen molar-refractivity contribution in [2.24, 2.45) is 5.14 Å². The van der Waals surface area contributed by atoms with E-state index in [0.717, 1.165) is 11.4 Å². The van der Waals surface area contributed by atoms with Crippen LogP contribution < -0.4 is 10.5 Å². The van der Waals surface area contributed by atoms with Gasteiger partial charge in [-0.3, -0.25) is 4.79 Å². The van der Waals surface area contributed by atoms with Crippen molar-refractivity contribution in [2.45, 2.75) is 17.5 Å². The number of anilines is 1. The number of aromatic nitrogens is 1. The van der Waals surface area contributed by atoms with Gasteiger partial charge in [0.25, 0.3) is 0 Å². The van der Waals surface area contributed by atoms with E-state index in [9.17, 15) is 26.4 Å². The zero-order chi connectivity index (χ0) is 22.1. The largest absolute Gasteiger partial charge is 0.434 e. The molecule has 0 aliphatic carbocycles. The van der Waals surface area contributed by atoms with Crippen LogP contribution in [0.15, 0.2) is 52.7 Å². The first-order valence-corrected chi connectivity index (χ1v) is 11.0. The molecule has 1 aromatic heterocycles. The highest BCUT2D eigenvalue weighted by Crippen LogP contribution is 2.36. The number of hydrogen-bond acceptors (Lipinski definition) is 5. The first-order chi connectivity index (χ1) is 13.9. The van der Waals surface area contributed by atoms with Gasteiger partial charge in [-0.05, 0) is 29.8 Å². The van der Waals surface area contributed by atoms with Crippen LogP contribution in [0.2, 0.25) is 5.02 Å². The van der Waals surface area contributed by atoms with E-state index in [2.05, 4.69) is 10.3 Å². The van der Waals surface area contributed by atoms with Gasteiger partial charge in [0.2, 0.25) is 15.9 Å². The van der Waals surface area contributed by atoms with Crippen LogP contribution in [-0.4, -0.2) is 19.3 Å². The van der Waals surface area contributed by atoms with Crippen LogP contribution >= 0.6 is 22.9 Å². The van der Waals surface area contributed by atoms with E-state index >= 15 is 0 Å². The van der Waals surface area contributed by atoms with Crippen LogP contribution in [0.5, 0.6) is 0 Å². The number of alkyl halides is 3. The normalized spacial score (nSPS) is 12.0. The van der Waals surface area contributed by atoms with Gasteiger partial charge in [-0.15, -0.1) is 11.3 Å². The molecule has 0 atom stereocenters. The average molecular weight is 476 g/mol. The molecule has 3 N–H and O–H groups in total. The summed E-state index contributed by atoms with van der Waals surface area (Å²) in [5, 5.41) is 8.76. The lowest BCUT2D eigenvalue weighted by Gasteiger charge is -2.11. The maximum Gasteiger partial charge on any atom is 0.434 e. The van der Waals surface area contributed by atoms with Gasteiger partial charge in [-0.2, -0.15) is 13.2 Å². The predicted molar refractivity (Wildman–Crippen MR) is 108 cm³/mol. The highest BCUT2D eigenvalue weighted by molar-refractivity contribution is 7.89. The van der Waals surface area contributed by atoms with Gasteiger partial charge in [-0.25, -0.2) is 18.5 Å². The summed E-state index contributed by atoms with van der Waals surface area (Å²) < 4.78 is 62.4. The van der Waals surface area contributed by atoms with Crippen molar-refractivity contribution >= 4 is 44.6 Å². The van der Waals surface area contributed by atoms with Crippen molar-refractivity contribution < 1.29 is 26.4 Å². The molecular formula is C18H13ClF3N3O3S2. The minimum Gasteiger partial charge on any atom is -0.326 e. The summed E-state index contributed by atoms with van der Waals surface area (Å²) in [6, 6.07) is 10.4. The Bertz CT molecular complexity index is 1210. The first-order valence-electron chi connectivity index (χ1n) is 8.18. The zero-order valence-electron chi connectivity index (χ0n) is 14.9. The fraction of sp³-hybridized carbons (Fsp3) is 0.111. The summed E-state index contributed by atoms with van der Waals surface area (Å²) >= 11 is 6.65. The van der Waals surface area contributed by atoms with Gasteiger partial charge in [0.1, 0.15) is 5.01 Å². The number of carbonyl (C=O) groups excluding carboxylic acids is 1. The second kappa shape index (κ2) is 8.34. The Morgan fingerprint density at radius 2 is 1.90 bits per heavy atom. The van der Waals surface area contributed by atoms with Crippen molar-refractivity contribution in [1.29, 1.82) is 0 Å². The molecule has 3 aromatic rings. The number of benzene rings is 2. The maximum atomic E-state index is 12.8. The molecule has 0 spiro atoms. The van der Waals surface area contributed by atoms with Crippen molar-refractivity contribution in [3.8, 4) is 10.6 Å². The standard InChI is InChI=1S/C18H13ClF3N3O3S2/c19-13-4-2-1-3-10(13)7-16(26)24-11-5-6-12(14(8-11)30(23,27)28)17-25-15(9-29-17)18(20,21)22/h1-6,8-9H,7H2,(H,24,26)(H2,23,27,28). The number of halogens is 4. The molecule has 0 unspecified atom stereocenters. The number of carbonyl (C=O) groups is 1. The molecule has 0 radical (unpaired) electrons. The molecule has 3 rings (SSSR count). The van der Waals surface area contributed by atoms with Gasteiger partial charge in [0.15, 0.2) is 5.69 Å². The molecule has 158 valence electrons. The fourth-order valence-electron chi connectivity index (χ4n) is 2.56. The molecule has 30 heavy (non-hydrogen) atoms. The van der Waals surface area contributed by atoms with Crippen molar-refractivity contribution in [3.63, 3.8) is 0 Å². The topological polar surface area (TPSA) is 102 Å². The Balaban J connectivity index is 1.91. The zero-order valence-corrected chi connectivity index (χ0v) is 17.3. The highest BCUT2D eigenvalue weighted by atomic mass is 35.5. The minimum absolute atomic E-state index is 0.0619. The number of primary sulfonamides is 1. The summed E-state index contributed by atoms with van der Waals surface area (Å²) in [6.45, 7) is 0. The molecule has 0 aliphatic rings. The predicted octanol–water partition coefficient (Wildman–Crippen LogP) is 4.31. The van der Waals surface area contributed by atoms with E-state index in [1.807, 2.05) is 0 Å². The Morgan fingerprint density at radius 1 is 1.20 bits per heavy atom. The van der Waals surface area contributed by atoms with Crippen LogP contribution in [0.25, 0.3) is 10.6 Å². The molecule has 2 aromatic carbocycles. The molecule has 1 heterocycles. The van der Waals surface area contributed by atoms with Crippen LogP contribution in [0.4, 0.5) is 18.9 Å². The quantitative estimate of drug-likeness (QED) is 0.574. The summed E-state index contributed by atoms with van der Waals surface area (Å²) in [7, 11) is -4.32. The SMILES string of the molecule is NS(=O)(=O)c1cc(NC(=O)Cc2ccccc2Cl)ccc1-c1nc(C(F)(F)F)cs1. The smallest absolute Gasteiger partial charge is 0.326 e. The van der Waals surface area contributed by atoms with E-state index in [1.54, 1.807) is 24.3 Å². The van der Waals surface area contributed by atoms with E-state index in [0.29, 0.717) is 21.9 Å². The Morgan fingerprint density at radius 3 is 2.50 bits per heavy atom. The maximum absolute atomic E-state index is 12.8. The van der Waals surface area contributed by atoms with Gasteiger partial charge >= 0.3 is 6.18 Å². The second-order valence-electron chi connectivity index (χ2n) is 6.11. The Kier molecular flexibility index (Phi) is 6.18. The summed E-state index contributed by atoms with van der Waals surface area (Å²) in [5.41, 5.74) is -0.558. The van der Waals surface area contributed by atoms with Gasteiger partial charge in [0.05, 0.1) is 11.3 Å². The molecule has 1 amide bonds. The van der Waals surface area contributed by atoms with E-state index in [1.165, 1.54) is 12.1 Å². The number of thiazole rings is 1. The van der Waals surface area contributed by atoms with E-state index < -0.39 is 32.7 Å². The number of nitrogens with two attached hydrogens (primary N) is 1. The number of hydrogen-bond donors (Lipinski definition) is 2. The fourth-order valence-corrected chi connectivity index (χ4v) is 4.45. The number of nitrogens with one attached hydrogen (secondary N) is 1. The van der Waals surface area contributed by atoms with Crippen LogP contribution in [0, 0.1) is 0 Å². The second-order valence-corrected chi connectivity index (χ2v) is 8.90. The highest BCUT2D eigenvalue weighted by Gasteiger charge is 2.34. The summed E-state index contributed by atoms with van der Waals surface area (Å²) in [6.07, 6.45) is -4.73. The number of nitrogens with zero attached hydrogens (tertiary/aromatic N) is 1. The van der Waals surface area contributed by atoms with Crippen LogP contribution in [-0.2, 0) is 27.4 Å². The molecule has 0 fully saturated rings.